The average Bonchev–Trinajstić information content (AvgIpc) is 3.21. The molecule has 5 nitrogen and oxygen atoms in total. The Labute approximate surface area is 158 Å². The summed E-state index contributed by atoms with van der Waals surface area (Å²) >= 11 is 0. The Hall–Kier alpha value is -3.18. The first-order chi connectivity index (χ1) is 13.2. The highest BCUT2D eigenvalue weighted by Gasteiger charge is 2.12. The lowest BCUT2D eigenvalue weighted by molar-refractivity contribution is 0.170. The van der Waals surface area contributed by atoms with Crippen LogP contribution in [-0.4, -0.2) is 33.7 Å². The molecular formula is C22H22N4O. The molecule has 0 spiro atoms. The Bertz CT molecular complexity index is 1030. The fourth-order valence-corrected chi connectivity index (χ4v) is 3.24. The van der Waals surface area contributed by atoms with Crippen molar-refractivity contribution in [1.29, 1.82) is 0 Å². The van der Waals surface area contributed by atoms with Crippen LogP contribution in [0, 0.1) is 0 Å². The van der Waals surface area contributed by atoms with Gasteiger partial charge in [0, 0.05) is 36.9 Å². The largest absolute Gasteiger partial charge is 0.388 e. The number of nitrogens with one attached hydrogen (secondary N) is 1. The Morgan fingerprint density at radius 2 is 1.89 bits per heavy atom. The third-order valence-corrected chi connectivity index (χ3v) is 4.78. The van der Waals surface area contributed by atoms with Crippen LogP contribution in [0.15, 0.2) is 73.1 Å². The van der Waals surface area contributed by atoms with E-state index in [0.29, 0.717) is 13.0 Å². The monoisotopic (exact) mass is 358 g/mol. The normalized spacial score (nSPS) is 12.2. The van der Waals surface area contributed by atoms with Crippen LogP contribution in [0.4, 0.5) is 5.82 Å². The predicted molar refractivity (Wildman–Crippen MR) is 109 cm³/mol. The molecule has 3 aromatic heterocycles. The van der Waals surface area contributed by atoms with Gasteiger partial charge in [-0.25, -0.2) is 9.97 Å². The maximum absolute atomic E-state index is 10.4. The van der Waals surface area contributed by atoms with Crippen molar-refractivity contribution in [3.8, 4) is 11.3 Å². The molecule has 0 bridgehead atoms. The minimum atomic E-state index is -0.475. The lowest BCUT2D eigenvalue weighted by atomic mass is 10.1. The van der Waals surface area contributed by atoms with E-state index in [0.717, 1.165) is 33.7 Å². The number of anilines is 1. The fraction of sp³-hybridized carbons (Fsp3) is 0.182. The Balaban J connectivity index is 1.51. The maximum Gasteiger partial charge on any atom is 0.137 e. The molecule has 136 valence electrons. The summed E-state index contributed by atoms with van der Waals surface area (Å²) in [6.45, 7) is 0.711. The number of benzene rings is 1. The number of fused-ring (bicyclic) bond motifs is 1. The number of pyridine rings is 2. The van der Waals surface area contributed by atoms with Crippen molar-refractivity contribution in [2.45, 2.75) is 12.5 Å². The summed E-state index contributed by atoms with van der Waals surface area (Å²) in [7, 11) is 2.00. The van der Waals surface area contributed by atoms with E-state index in [1.54, 1.807) is 6.20 Å². The second-order valence-corrected chi connectivity index (χ2v) is 6.62. The van der Waals surface area contributed by atoms with Crippen LogP contribution >= 0.6 is 0 Å². The van der Waals surface area contributed by atoms with Crippen LogP contribution in [-0.2, 0) is 0 Å². The first kappa shape index (κ1) is 17.2. The van der Waals surface area contributed by atoms with Crippen molar-refractivity contribution in [2.24, 2.45) is 0 Å². The van der Waals surface area contributed by atoms with E-state index < -0.39 is 6.10 Å². The summed E-state index contributed by atoms with van der Waals surface area (Å²) in [5.41, 5.74) is 3.77. The molecule has 2 N–H and O–H groups in total. The van der Waals surface area contributed by atoms with Gasteiger partial charge in [-0.05, 0) is 36.2 Å². The van der Waals surface area contributed by atoms with Crippen molar-refractivity contribution in [1.82, 2.24) is 15.0 Å². The molecule has 27 heavy (non-hydrogen) atoms. The maximum atomic E-state index is 10.4. The minimum Gasteiger partial charge on any atom is -0.388 e. The van der Waals surface area contributed by atoms with Gasteiger partial charge >= 0.3 is 0 Å². The average molecular weight is 358 g/mol. The lowest BCUT2D eigenvalue weighted by Gasteiger charge is -2.21. The standard InChI is InChI=1S/C22H22N4O/c1-26(15-12-20(27)16-6-3-2-4-7-16)21-9-5-8-19(25-21)17-10-13-23-22-18(17)11-14-24-22/h2-11,13-14,20,27H,12,15H2,1H3,(H,23,24). The van der Waals surface area contributed by atoms with Crippen LogP contribution in [0.1, 0.15) is 18.1 Å². The van der Waals surface area contributed by atoms with Crippen molar-refractivity contribution in [2.75, 3.05) is 18.5 Å². The number of H-pyrrole nitrogens is 1. The van der Waals surface area contributed by atoms with Gasteiger partial charge in [0.15, 0.2) is 0 Å². The predicted octanol–water partition coefficient (Wildman–Crippen LogP) is 4.18. The summed E-state index contributed by atoms with van der Waals surface area (Å²) in [4.78, 5) is 14.4. The zero-order valence-electron chi connectivity index (χ0n) is 15.2. The number of nitrogens with zero attached hydrogens (tertiary/aromatic N) is 3. The first-order valence-corrected chi connectivity index (χ1v) is 9.06. The zero-order chi connectivity index (χ0) is 18.6. The summed E-state index contributed by atoms with van der Waals surface area (Å²) in [6.07, 6.45) is 3.85. The van der Waals surface area contributed by atoms with E-state index in [9.17, 15) is 5.11 Å². The number of hydrogen-bond acceptors (Lipinski definition) is 4. The molecule has 5 heteroatoms. The Kier molecular flexibility index (Phi) is 4.85. The zero-order valence-corrected chi connectivity index (χ0v) is 15.2. The molecule has 4 aromatic rings. The summed E-state index contributed by atoms with van der Waals surface area (Å²) in [5.74, 6) is 0.883. The molecule has 0 amide bonds. The van der Waals surface area contributed by atoms with Crippen molar-refractivity contribution >= 4 is 16.9 Å². The van der Waals surface area contributed by atoms with Gasteiger partial charge in [-0.2, -0.15) is 0 Å². The van der Waals surface area contributed by atoms with Gasteiger partial charge < -0.3 is 15.0 Å². The van der Waals surface area contributed by atoms with E-state index >= 15 is 0 Å². The number of aromatic nitrogens is 3. The third kappa shape index (κ3) is 3.68. The molecule has 1 atom stereocenters. The van der Waals surface area contributed by atoms with Gasteiger partial charge in [-0.1, -0.05) is 36.4 Å². The van der Waals surface area contributed by atoms with Crippen molar-refractivity contribution in [3.05, 3.63) is 78.6 Å². The number of hydrogen-bond donors (Lipinski definition) is 2. The van der Waals surface area contributed by atoms with Gasteiger partial charge in [0.1, 0.15) is 11.5 Å². The second-order valence-electron chi connectivity index (χ2n) is 6.62. The van der Waals surface area contributed by atoms with E-state index in [4.69, 9.17) is 4.98 Å². The number of rotatable bonds is 6. The lowest BCUT2D eigenvalue weighted by Crippen LogP contribution is -2.21. The smallest absolute Gasteiger partial charge is 0.137 e. The van der Waals surface area contributed by atoms with Gasteiger partial charge in [0.2, 0.25) is 0 Å². The van der Waals surface area contributed by atoms with E-state index in [1.807, 2.05) is 73.9 Å². The van der Waals surface area contributed by atoms with Gasteiger partial charge in [-0.15, -0.1) is 0 Å². The highest BCUT2D eigenvalue weighted by molar-refractivity contribution is 5.91. The molecule has 0 saturated heterocycles. The van der Waals surface area contributed by atoms with E-state index in [2.05, 4.69) is 14.9 Å². The van der Waals surface area contributed by atoms with Crippen molar-refractivity contribution in [3.63, 3.8) is 0 Å². The SMILES string of the molecule is CN(CCC(O)c1ccccc1)c1cccc(-c2ccnc3[nH]ccc23)n1. The van der Waals surface area contributed by atoms with Gasteiger partial charge in [-0.3, -0.25) is 0 Å². The molecule has 0 fully saturated rings. The van der Waals surface area contributed by atoms with Crippen LogP contribution < -0.4 is 4.90 Å². The first-order valence-electron chi connectivity index (χ1n) is 9.06. The highest BCUT2D eigenvalue weighted by Crippen LogP contribution is 2.27. The molecular weight excluding hydrogens is 336 g/mol. The number of aliphatic hydroxyl groups excluding tert-OH is 1. The molecule has 0 aliphatic rings. The van der Waals surface area contributed by atoms with Crippen LogP contribution in [0.2, 0.25) is 0 Å². The number of aliphatic hydroxyl groups is 1. The minimum absolute atomic E-state index is 0.475. The summed E-state index contributed by atoms with van der Waals surface area (Å²) < 4.78 is 0. The third-order valence-electron chi connectivity index (χ3n) is 4.78. The Morgan fingerprint density at radius 1 is 1.04 bits per heavy atom. The van der Waals surface area contributed by atoms with Crippen molar-refractivity contribution < 1.29 is 5.11 Å². The molecule has 0 saturated carbocycles. The second kappa shape index (κ2) is 7.60. The van der Waals surface area contributed by atoms with Gasteiger partial charge in [0.05, 0.1) is 11.8 Å². The Morgan fingerprint density at radius 3 is 2.74 bits per heavy atom. The topological polar surface area (TPSA) is 65.0 Å². The molecule has 0 radical (unpaired) electrons. The molecule has 1 aromatic carbocycles. The van der Waals surface area contributed by atoms with Crippen LogP contribution in [0.25, 0.3) is 22.3 Å². The quantitative estimate of drug-likeness (QED) is 0.542. The molecule has 0 aliphatic heterocycles. The van der Waals surface area contributed by atoms with Gasteiger partial charge in [0.25, 0.3) is 0 Å². The van der Waals surface area contributed by atoms with Crippen LogP contribution in [0.3, 0.4) is 0 Å². The fourth-order valence-electron chi connectivity index (χ4n) is 3.24. The summed E-state index contributed by atoms with van der Waals surface area (Å²) in [5, 5.41) is 11.4. The number of aromatic amines is 1. The van der Waals surface area contributed by atoms with Crippen LogP contribution in [0.5, 0.6) is 0 Å². The summed E-state index contributed by atoms with van der Waals surface area (Å²) in [6, 6.07) is 19.8. The molecule has 1 unspecified atom stereocenters. The highest BCUT2D eigenvalue weighted by atomic mass is 16.3. The van der Waals surface area contributed by atoms with E-state index in [-0.39, 0.29) is 0 Å². The molecule has 0 aliphatic carbocycles. The van der Waals surface area contributed by atoms with E-state index in [1.165, 1.54) is 0 Å². The molecule has 4 rings (SSSR count). The molecule has 3 heterocycles.